The van der Waals surface area contributed by atoms with Crippen LogP contribution in [0.1, 0.15) is 38.3 Å². The SMILES string of the molecule is CCC(C)C(NC(=O)C(Cc1ccc(O)cc1)NC(=O)C(N)C(C)O)C(=O)NC(Cc1ccc(O)cc1)C(=O)O. The van der Waals surface area contributed by atoms with Gasteiger partial charge in [-0.1, -0.05) is 44.5 Å². The Morgan fingerprint density at radius 3 is 1.62 bits per heavy atom. The summed E-state index contributed by atoms with van der Waals surface area (Å²) in [5, 5.41) is 46.1. The molecule has 0 saturated carbocycles. The van der Waals surface area contributed by atoms with Gasteiger partial charge in [-0.3, -0.25) is 14.4 Å². The van der Waals surface area contributed by atoms with Crippen molar-refractivity contribution in [1.82, 2.24) is 16.0 Å². The van der Waals surface area contributed by atoms with Crippen LogP contribution >= 0.6 is 0 Å². The summed E-state index contributed by atoms with van der Waals surface area (Å²) in [5.74, 6) is -3.87. The molecule has 6 atom stereocenters. The predicted octanol–water partition coefficient (Wildman–Crippen LogP) is 0.176. The molecule has 0 bridgehead atoms. The second-order valence-corrected chi connectivity index (χ2v) is 9.84. The van der Waals surface area contributed by atoms with Gasteiger partial charge in [0.1, 0.15) is 35.7 Å². The van der Waals surface area contributed by atoms with E-state index in [9.17, 15) is 39.6 Å². The number of amides is 3. The Balaban J connectivity index is 2.26. The van der Waals surface area contributed by atoms with Gasteiger partial charge in [0.05, 0.1) is 6.10 Å². The number of aliphatic hydroxyl groups is 1. The summed E-state index contributed by atoms with van der Waals surface area (Å²) >= 11 is 0. The van der Waals surface area contributed by atoms with Crippen molar-refractivity contribution in [3.8, 4) is 11.5 Å². The van der Waals surface area contributed by atoms with E-state index in [0.717, 1.165) is 0 Å². The number of aliphatic hydroxyl groups excluding tert-OH is 1. The number of carbonyl (C=O) groups excluding carboxylic acids is 3. The van der Waals surface area contributed by atoms with Crippen molar-refractivity contribution in [2.75, 3.05) is 0 Å². The molecule has 40 heavy (non-hydrogen) atoms. The Morgan fingerprint density at radius 1 is 0.750 bits per heavy atom. The van der Waals surface area contributed by atoms with E-state index in [2.05, 4.69) is 16.0 Å². The minimum atomic E-state index is -1.31. The van der Waals surface area contributed by atoms with Crippen LogP contribution in [0.4, 0.5) is 0 Å². The van der Waals surface area contributed by atoms with Gasteiger partial charge in [0.15, 0.2) is 0 Å². The highest BCUT2D eigenvalue weighted by Gasteiger charge is 2.33. The molecule has 0 aromatic heterocycles. The van der Waals surface area contributed by atoms with Crippen LogP contribution in [0.5, 0.6) is 11.5 Å². The normalized spacial score (nSPS) is 15.5. The monoisotopic (exact) mass is 558 g/mol. The third-order valence-electron chi connectivity index (χ3n) is 6.62. The number of benzene rings is 2. The first-order valence-electron chi connectivity index (χ1n) is 13.0. The molecular weight excluding hydrogens is 520 g/mol. The molecule has 12 nitrogen and oxygen atoms in total. The van der Waals surface area contributed by atoms with Gasteiger partial charge < -0.3 is 42.1 Å². The number of carbonyl (C=O) groups is 4. The average Bonchev–Trinajstić information content (AvgIpc) is 2.91. The molecule has 3 amide bonds. The molecule has 2 aromatic rings. The first-order chi connectivity index (χ1) is 18.8. The summed E-state index contributed by atoms with van der Waals surface area (Å²) in [5.41, 5.74) is 6.90. The van der Waals surface area contributed by atoms with Crippen molar-refractivity contribution in [2.24, 2.45) is 11.7 Å². The molecule has 0 aliphatic heterocycles. The first kappa shape index (κ1) is 32.1. The van der Waals surface area contributed by atoms with E-state index in [-0.39, 0.29) is 24.3 Å². The van der Waals surface area contributed by atoms with Gasteiger partial charge in [-0.25, -0.2) is 4.79 Å². The number of phenolic OH excluding ortho intramolecular Hbond substituents is 2. The highest BCUT2D eigenvalue weighted by atomic mass is 16.4. The van der Waals surface area contributed by atoms with Crippen molar-refractivity contribution >= 4 is 23.7 Å². The molecule has 2 rings (SSSR count). The van der Waals surface area contributed by atoms with E-state index >= 15 is 0 Å². The van der Waals surface area contributed by atoms with Crippen LogP contribution < -0.4 is 21.7 Å². The van der Waals surface area contributed by atoms with Gasteiger partial charge in [-0.2, -0.15) is 0 Å². The number of phenols is 2. The quantitative estimate of drug-likeness (QED) is 0.159. The number of hydrogen-bond acceptors (Lipinski definition) is 8. The number of aliphatic carboxylic acids is 1. The van der Waals surface area contributed by atoms with E-state index in [1.165, 1.54) is 31.2 Å². The first-order valence-corrected chi connectivity index (χ1v) is 13.0. The summed E-state index contributed by atoms with van der Waals surface area (Å²) in [6.45, 7) is 4.86. The number of hydrogen-bond donors (Lipinski definition) is 8. The van der Waals surface area contributed by atoms with E-state index in [0.29, 0.717) is 17.5 Å². The van der Waals surface area contributed by atoms with Crippen LogP contribution in [0.2, 0.25) is 0 Å². The fourth-order valence-electron chi connectivity index (χ4n) is 3.85. The van der Waals surface area contributed by atoms with E-state index in [4.69, 9.17) is 5.73 Å². The fraction of sp³-hybridized carbons (Fsp3) is 0.429. The third-order valence-corrected chi connectivity index (χ3v) is 6.62. The van der Waals surface area contributed by atoms with Gasteiger partial charge in [0.25, 0.3) is 0 Å². The third kappa shape index (κ3) is 9.54. The molecule has 12 heteroatoms. The number of nitrogens with one attached hydrogen (secondary N) is 3. The number of rotatable bonds is 14. The van der Waals surface area contributed by atoms with Crippen LogP contribution in [0.25, 0.3) is 0 Å². The van der Waals surface area contributed by atoms with Gasteiger partial charge >= 0.3 is 5.97 Å². The van der Waals surface area contributed by atoms with E-state index < -0.39 is 59.9 Å². The number of aromatic hydroxyl groups is 2. The van der Waals surface area contributed by atoms with E-state index in [1.54, 1.807) is 38.1 Å². The van der Waals surface area contributed by atoms with Crippen LogP contribution in [0, 0.1) is 5.92 Å². The lowest BCUT2D eigenvalue weighted by atomic mass is 9.96. The molecule has 0 aliphatic rings. The summed E-state index contributed by atoms with van der Waals surface area (Å²) in [7, 11) is 0. The topological polar surface area (TPSA) is 211 Å². The summed E-state index contributed by atoms with van der Waals surface area (Å²) in [6.07, 6.45) is -0.787. The smallest absolute Gasteiger partial charge is 0.326 e. The molecule has 218 valence electrons. The highest BCUT2D eigenvalue weighted by molar-refractivity contribution is 5.94. The number of nitrogens with two attached hydrogens (primary N) is 1. The fourth-order valence-corrected chi connectivity index (χ4v) is 3.85. The molecule has 0 aliphatic carbocycles. The molecular formula is C28H38N4O8. The molecule has 0 spiro atoms. The highest BCUT2D eigenvalue weighted by Crippen LogP contribution is 2.15. The van der Waals surface area contributed by atoms with Crippen LogP contribution in [-0.2, 0) is 32.0 Å². The van der Waals surface area contributed by atoms with E-state index in [1.807, 2.05) is 0 Å². The lowest BCUT2D eigenvalue weighted by Gasteiger charge is -2.28. The zero-order chi connectivity index (χ0) is 30.0. The lowest BCUT2D eigenvalue weighted by molar-refractivity contribution is -0.142. The molecule has 6 unspecified atom stereocenters. The van der Waals surface area contributed by atoms with Crippen molar-refractivity contribution in [3.05, 3.63) is 59.7 Å². The van der Waals surface area contributed by atoms with Crippen molar-refractivity contribution in [2.45, 2.75) is 70.3 Å². The van der Waals surface area contributed by atoms with Gasteiger partial charge in [0, 0.05) is 12.8 Å². The molecule has 0 fully saturated rings. The number of carboxylic acid groups (broad SMARTS) is 1. The van der Waals surface area contributed by atoms with Gasteiger partial charge in [0.2, 0.25) is 17.7 Å². The summed E-state index contributed by atoms with van der Waals surface area (Å²) in [4.78, 5) is 51.2. The minimum Gasteiger partial charge on any atom is -0.508 e. The van der Waals surface area contributed by atoms with Gasteiger partial charge in [-0.15, -0.1) is 0 Å². The Labute approximate surface area is 232 Å². The maximum atomic E-state index is 13.4. The second kappa shape index (κ2) is 14.8. The Hall–Kier alpha value is -4.16. The molecule has 0 heterocycles. The molecule has 2 aromatic carbocycles. The van der Waals surface area contributed by atoms with Crippen molar-refractivity contribution in [1.29, 1.82) is 0 Å². The summed E-state index contributed by atoms with van der Waals surface area (Å²) < 4.78 is 0. The lowest BCUT2D eigenvalue weighted by Crippen LogP contribution is -2.60. The Kier molecular flexibility index (Phi) is 11.9. The molecule has 0 radical (unpaired) electrons. The largest absolute Gasteiger partial charge is 0.508 e. The summed E-state index contributed by atoms with van der Waals surface area (Å²) in [6, 6.07) is 6.92. The van der Waals surface area contributed by atoms with Crippen molar-refractivity contribution in [3.63, 3.8) is 0 Å². The van der Waals surface area contributed by atoms with Crippen LogP contribution in [0.3, 0.4) is 0 Å². The molecule has 0 saturated heterocycles. The van der Waals surface area contributed by atoms with Crippen LogP contribution in [-0.4, -0.2) is 74.4 Å². The van der Waals surface area contributed by atoms with Crippen molar-refractivity contribution < 1.29 is 39.6 Å². The standard InChI is InChI=1S/C28H38N4O8/c1-4-15(2)24(27(38)31-22(28(39)40)14-18-7-11-20(35)12-8-18)32-25(36)21(30-26(37)23(29)16(3)33)13-17-5-9-19(34)10-6-17/h5-12,15-16,21-24,33-35H,4,13-14,29H2,1-3H3,(H,30,37)(H,31,38)(H,32,36)(H,39,40). The maximum absolute atomic E-state index is 13.4. The Morgan fingerprint density at radius 2 is 1.20 bits per heavy atom. The Bertz CT molecular complexity index is 1150. The molecule has 9 N–H and O–H groups in total. The van der Waals surface area contributed by atoms with Gasteiger partial charge in [-0.05, 0) is 48.2 Å². The minimum absolute atomic E-state index is 0.0127. The number of carboxylic acids is 1. The maximum Gasteiger partial charge on any atom is 0.326 e. The average molecular weight is 559 g/mol. The zero-order valence-electron chi connectivity index (χ0n) is 22.7. The zero-order valence-corrected chi connectivity index (χ0v) is 22.7. The second-order valence-electron chi connectivity index (χ2n) is 9.84. The van der Waals surface area contributed by atoms with Crippen LogP contribution in [0.15, 0.2) is 48.5 Å². The predicted molar refractivity (Wildman–Crippen MR) is 146 cm³/mol.